The molecular weight excluding hydrogens is 456 g/mol. The van der Waals surface area contributed by atoms with Crippen molar-refractivity contribution in [3.05, 3.63) is 81.4 Å². The second kappa shape index (κ2) is 11.5. The van der Waals surface area contributed by atoms with Gasteiger partial charge in [-0.1, -0.05) is 25.1 Å². The summed E-state index contributed by atoms with van der Waals surface area (Å²) in [5.41, 5.74) is 9.16. The zero-order chi connectivity index (χ0) is 25.7. The Morgan fingerprint density at radius 3 is 2.44 bits per heavy atom. The number of ether oxygens (including phenoxy) is 1. The number of hydrogen-bond donors (Lipinski definition) is 1. The minimum absolute atomic E-state index is 0.0159. The summed E-state index contributed by atoms with van der Waals surface area (Å²) in [6.45, 7) is 8.15. The predicted molar refractivity (Wildman–Crippen MR) is 141 cm³/mol. The first-order valence-corrected chi connectivity index (χ1v) is 12.6. The van der Waals surface area contributed by atoms with Crippen LogP contribution in [0.2, 0.25) is 0 Å². The fraction of sp³-hybridized carbons (Fsp3) is 0.393. The Kier molecular flexibility index (Phi) is 8.18. The van der Waals surface area contributed by atoms with Gasteiger partial charge in [-0.2, -0.15) is 0 Å². The lowest BCUT2D eigenvalue weighted by Gasteiger charge is -2.40. The molecule has 8 nitrogen and oxygen atoms in total. The summed E-state index contributed by atoms with van der Waals surface area (Å²) in [6.07, 6.45) is 1.73. The van der Waals surface area contributed by atoms with E-state index in [2.05, 4.69) is 24.0 Å². The predicted octanol–water partition coefficient (Wildman–Crippen LogP) is 4.56. The van der Waals surface area contributed by atoms with Crippen molar-refractivity contribution in [3.63, 3.8) is 0 Å². The van der Waals surface area contributed by atoms with Gasteiger partial charge in [0.05, 0.1) is 11.5 Å². The number of nitro groups is 1. The molecule has 190 valence electrons. The summed E-state index contributed by atoms with van der Waals surface area (Å²) in [4.78, 5) is 28.2. The molecule has 2 N–H and O–H groups in total. The van der Waals surface area contributed by atoms with Crippen LogP contribution in [0.25, 0.3) is 10.8 Å². The molecule has 0 radical (unpaired) electrons. The Morgan fingerprint density at radius 1 is 1.06 bits per heavy atom. The quantitative estimate of drug-likeness (QED) is 0.349. The molecule has 8 heteroatoms. The Labute approximate surface area is 211 Å². The fourth-order valence-electron chi connectivity index (χ4n) is 5.16. The Morgan fingerprint density at radius 2 is 1.78 bits per heavy atom. The molecule has 4 rings (SSSR count). The maximum atomic E-state index is 13.3. The van der Waals surface area contributed by atoms with Crippen molar-refractivity contribution in [2.24, 2.45) is 5.73 Å². The number of carbonyl (C=O) groups excluding carboxylic acids is 1. The molecule has 0 spiro atoms. The molecule has 0 bridgehead atoms. The molecule has 36 heavy (non-hydrogen) atoms. The molecule has 1 unspecified atom stereocenters. The molecule has 1 aliphatic rings. The molecule has 0 aromatic heterocycles. The first-order chi connectivity index (χ1) is 17.5. The fourth-order valence-corrected chi connectivity index (χ4v) is 5.16. The van der Waals surface area contributed by atoms with E-state index in [1.807, 2.05) is 24.0 Å². The average molecular weight is 491 g/mol. The first-order valence-electron chi connectivity index (χ1n) is 12.6. The number of amides is 1. The highest BCUT2D eigenvalue weighted by molar-refractivity contribution is 5.99. The van der Waals surface area contributed by atoms with Gasteiger partial charge in [0.2, 0.25) is 0 Å². The van der Waals surface area contributed by atoms with E-state index in [1.54, 1.807) is 18.2 Å². The van der Waals surface area contributed by atoms with Crippen LogP contribution in [-0.2, 0) is 6.42 Å². The third kappa shape index (κ3) is 5.34. The van der Waals surface area contributed by atoms with Crippen LogP contribution in [0.4, 0.5) is 5.69 Å². The number of nitrogens with two attached hydrogens (primary N) is 1. The number of nitro benzene ring substituents is 1. The number of hydrogen-bond acceptors (Lipinski definition) is 6. The second-order valence-corrected chi connectivity index (χ2v) is 9.04. The summed E-state index contributed by atoms with van der Waals surface area (Å²) in [6, 6.07) is 16.5. The van der Waals surface area contributed by atoms with Gasteiger partial charge in [0.1, 0.15) is 5.75 Å². The average Bonchev–Trinajstić information content (AvgIpc) is 2.91. The molecule has 3 aromatic carbocycles. The van der Waals surface area contributed by atoms with Gasteiger partial charge < -0.3 is 15.4 Å². The molecule has 0 saturated carbocycles. The molecule has 3 aromatic rings. The Hall–Kier alpha value is -3.49. The van der Waals surface area contributed by atoms with Gasteiger partial charge in [0, 0.05) is 49.9 Å². The van der Waals surface area contributed by atoms with E-state index in [-0.39, 0.29) is 17.6 Å². The van der Waals surface area contributed by atoms with E-state index >= 15 is 0 Å². The SMILES string of the molecule is CCOc1cccc(C(CCN)N2CCN(C(=O)c3ccc4cc([N+](=O)[O-])ccc4c3)CC2)c1CC. The van der Waals surface area contributed by atoms with Crippen molar-refractivity contribution in [2.45, 2.75) is 32.7 Å². The van der Waals surface area contributed by atoms with Crippen LogP contribution in [0, 0.1) is 10.1 Å². The van der Waals surface area contributed by atoms with Crippen molar-refractivity contribution >= 4 is 22.4 Å². The highest BCUT2D eigenvalue weighted by Crippen LogP contribution is 2.33. The van der Waals surface area contributed by atoms with Crippen LogP contribution in [-0.4, -0.2) is 60.0 Å². The van der Waals surface area contributed by atoms with Crippen LogP contribution in [0.15, 0.2) is 54.6 Å². The summed E-state index contributed by atoms with van der Waals surface area (Å²) < 4.78 is 5.89. The third-order valence-corrected chi connectivity index (χ3v) is 6.95. The molecule has 1 fully saturated rings. The monoisotopic (exact) mass is 490 g/mol. The maximum absolute atomic E-state index is 13.3. The van der Waals surface area contributed by atoms with E-state index < -0.39 is 4.92 Å². The molecule has 1 atom stereocenters. The van der Waals surface area contributed by atoms with E-state index in [0.29, 0.717) is 31.8 Å². The largest absolute Gasteiger partial charge is 0.494 e. The Balaban J connectivity index is 1.48. The normalized spacial score (nSPS) is 15.1. The van der Waals surface area contributed by atoms with Crippen LogP contribution in [0.5, 0.6) is 5.75 Å². The van der Waals surface area contributed by atoms with Gasteiger partial charge in [-0.25, -0.2) is 0 Å². The van der Waals surface area contributed by atoms with E-state index in [1.165, 1.54) is 23.3 Å². The number of fused-ring (bicyclic) bond motifs is 1. The maximum Gasteiger partial charge on any atom is 0.270 e. The summed E-state index contributed by atoms with van der Waals surface area (Å²) in [7, 11) is 0. The topological polar surface area (TPSA) is 102 Å². The third-order valence-electron chi connectivity index (χ3n) is 6.95. The van der Waals surface area contributed by atoms with E-state index in [0.717, 1.165) is 42.5 Å². The zero-order valence-corrected chi connectivity index (χ0v) is 21.0. The van der Waals surface area contributed by atoms with Gasteiger partial charge in [-0.05, 0) is 72.5 Å². The number of non-ortho nitro benzene ring substituents is 1. The summed E-state index contributed by atoms with van der Waals surface area (Å²) in [5.74, 6) is 0.924. The highest BCUT2D eigenvalue weighted by atomic mass is 16.6. The van der Waals surface area contributed by atoms with Crippen LogP contribution in [0.1, 0.15) is 47.8 Å². The number of carbonyl (C=O) groups is 1. The summed E-state index contributed by atoms with van der Waals surface area (Å²) in [5, 5.41) is 12.6. The van der Waals surface area contributed by atoms with Crippen molar-refractivity contribution in [1.82, 2.24) is 9.80 Å². The highest BCUT2D eigenvalue weighted by Gasteiger charge is 2.29. The minimum atomic E-state index is -0.410. The molecule has 1 aliphatic heterocycles. The number of rotatable bonds is 9. The number of benzene rings is 3. The van der Waals surface area contributed by atoms with Crippen molar-refractivity contribution in [1.29, 1.82) is 0 Å². The van der Waals surface area contributed by atoms with Crippen molar-refractivity contribution in [3.8, 4) is 5.75 Å². The molecule has 1 amide bonds. The standard InChI is InChI=1S/C28H34N4O4/c1-3-24-25(6-5-7-27(24)36-4-2)26(12-13-29)30-14-16-31(17-15-30)28(33)22-9-8-21-19-23(32(34)35)11-10-20(21)18-22/h5-11,18-19,26H,3-4,12-17,29H2,1-2H3. The van der Waals surface area contributed by atoms with Crippen molar-refractivity contribution in [2.75, 3.05) is 39.3 Å². The number of piperazine rings is 1. The minimum Gasteiger partial charge on any atom is -0.494 e. The lowest BCUT2D eigenvalue weighted by molar-refractivity contribution is -0.384. The van der Waals surface area contributed by atoms with Gasteiger partial charge in [0.15, 0.2) is 0 Å². The van der Waals surface area contributed by atoms with Gasteiger partial charge in [0.25, 0.3) is 11.6 Å². The zero-order valence-electron chi connectivity index (χ0n) is 21.0. The van der Waals surface area contributed by atoms with E-state index in [4.69, 9.17) is 10.5 Å². The Bertz CT molecular complexity index is 1240. The van der Waals surface area contributed by atoms with Gasteiger partial charge in [-0.3, -0.25) is 19.8 Å². The van der Waals surface area contributed by atoms with Crippen molar-refractivity contribution < 1.29 is 14.5 Å². The van der Waals surface area contributed by atoms with Crippen LogP contribution >= 0.6 is 0 Å². The van der Waals surface area contributed by atoms with Crippen LogP contribution in [0.3, 0.4) is 0 Å². The molecular formula is C28H34N4O4. The number of nitrogens with zero attached hydrogens (tertiary/aromatic N) is 3. The molecule has 0 aliphatic carbocycles. The first kappa shape index (κ1) is 25.6. The van der Waals surface area contributed by atoms with Crippen LogP contribution < -0.4 is 10.5 Å². The van der Waals surface area contributed by atoms with Gasteiger partial charge in [-0.15, -0.1) is 0 Å². The smallest absolute Gasteiger partial charge is 0.270 e. The lowest BCUT2D eigenvalue weighted by Crippen LogP contribution is -2.50. The second-order valence-electron chi connectivity index (χ2n) is 9.04. The summed E-state index contributed by atoms with van der Waals surface area (Å²) >= 11 is 0. The van der Waals surface area contributed by atoms with E-state index in [9.17, 15) is 14.9 Å². The van der Waals surface area contributed by atoms with Gasteiger partial charge >= 0.3 is 0 Å². The lowest BCUT2D eigenvalue weighted by atomic mass is 9.93. The molecule has 1 heterocycles. The molecule has 1 saturated heterocycles.